The number of unbranched alkanes of at least 4 members (excludes halogenated alkanes) is 1. The monoisotopic (exact) mass is 224 g/mol. The molecule has 1 atom stereocenters. The summed E-state index contributed by atoms with van der Waals surface area (Å²) in [5.41, 5.74) is 7.06. The van der Waals surface area contributed by atoms with Gasteiger partial charge in [-0.15, -0.1) is 0 Å². The summed E-state index contributed by atoms with van der Waals surface area (Å²) in [7, 11) is 0. The van der Waals surface area contributed by atoms with E-state index in [2.05, 4.69) is 30.0 Å². The van der Waals surface area contributed by atoms with Crippen molar-refractivity contribution in [1.82, 2.24) is 4.57 Å². The highest BCUT2D eigenvalue weighted by atomic mass is 16.5. The molecular formula is C13H24N2O. The Bertz CT molecular complexity index is 281. The number of hydrogen-bond acceptors (Lipinski definition) is 2. The fourth-order valence-electron chi connectivity index (χ4n) is 1.64. The van der Waals surface area contributed by atoms with Gasteiger partial charge in [0, 0.05) is 31.6 Å². The molecule has 16 heavy (non-hydrogen) atoms. The molecule has 3 nitrogen and oxygen atoms in total. The average molecular weight is 224 g/mol. The van der Waals surface area contributed by atoms with Crippen molar-refractivity contribution >= 4 is 0 Å². The van der Waals surface area contributed by atoms with Gasteiger partial charge in [-0.1, -0.05) is 13.3 Å². The molecule has 92 valence electrons. The minimum absolute atomic E-state index is 0.233. The molecule has 0 amide bonds. The van der Waals surface area contributed by atoms with Crippen LogP contribution in [0.1, 0.15) is 32.3 Å². The van der Waals surface area contributed by atoms with Crippen LogP contribution < -0.4 is 5.73 Å². The van der Waals surface area contributed by atoms with Gasteiger partial charge in [0.2, 0.25) is 0 Å². The highest BCUT2D eigenvalue weighted by molar-refractivity contribution is 5.11. The first-order valence-electron chi connectivity index (χ1n) is 6.20. The Morgan fingerprint density at radius 2 is 2.25 bits per heavy atom. The third kappa shape index (κ3) is 5.33. The lowest BCUT2D eigenvalue weighted by atomic mass is 10.1. The van der Waals surface area contributed by atoms with Crippen LogP contribution in [0.2, 0.25) is 0 Å². The molecular weight excluding hydrogens is 200 g/mol. The summed E-state index contributed by atoms with van der Waals surface area (Å²) in [5.74, 6) is 0. The molecule has 1 heterocycles. The Balaban J connectivity index is 2.19. The number of rotatable bonds is 8. The van der Waals surface area contributed by atoms with Crippen LogP contribution in [-0.2, 0) is 17.7 Å². The molecule has 1 aromatic rings. The minimum Gasteiger partial charge on any atom is -0.380 e. The predicted octanol–water partition coefficient (Wildman–Crippen LogP) is 2.19. The van der Waals surface area contributed by atoms with Crippen LogP contribution in [0, 0.1) is 0 Å². The number of hydrogen-bond donors (Lipinski definition) is 1. The Morgan fingerprint density at radius 1 is 1.44 bits per heavy atom. The topological polar surface area (TPSA) is 40.2 Å². The lowest BCUT2D eigenvalue weighted by Crippen LogP contribution is -2.17. The fourth-order valence-corrected chi connectivity index (χ4v) is 1.64. The standard InChI is InChI=1S/C13H24N2O/c1-3-4-8-16-9-7-15-6-5-13(11-15)10-12(2)14/h5-6,11-12H,3-4,7-10,14H2,1-2H3. The zero-order chi connectivity index (χ0) is 11.8. The second-order valence-corrected chi connectivity index (χ2v) is 4.40. The lowest BCUT2D eigenvalue weighted by Gasteiger charge is -2.05. The summed E-state index contributed by atoms with van der Waals surface area (Å²) >= 11 is 0. The predicted molar refractivity (Wildman–Crippen MR) is 67.5 cm³/mol. The smallest absolute Gasteiger partial charge is 0.0645 e. The van der Waals surface area contributed by atoms with Crippen molar-refractivity contribution in [2.75, 3.05) is 13.2 Å². The summed E-state index contributed by atoms with van der Waals surface area (Å²) in [5, 5.41) is 0. The highest BCUT2D eigenvalue weighted by Gasteiger charge is 2.00. The van der Waals surface area contributed by atoms with E-state index in [4.69, 9.17) is 10.5 Å². The van der Waals surface area contributed by atoms with E-state index in [1.807, 2.05) is 6.92 Å². The first kappa shape index (κ1) is 13.3. The fraction of sp³-hybridized carbons (Fsp3) is 0.692. The third-order valence-corrected chi connectivity index (χ3v) is 2.51. The molecule has 0 aliphatic carbocycles. The van der Waals surface area contributed by atoms with E-state index in [1.54, 1.807) is 0 Å². The number of nitrogens with zero attached hydrogens (tertiary/aromatic N) is 1. The van der Waals surface area contributed by atoms with Gasteiger partial charge in [0.25, 0.3) is 0 Å². The quantitative estimate of drug-likeness (QED) is 0.688. The average Bonchev–Trinajstić information content (AvgIpc) is 2.64. The molecule has 2 N–H and O–H groups in total. The Labute approximate surface area is 98.6 Å². The normalized spacial score (nSPS) is 12.9. The summed E-state index contributed by atoms with van der Waals surface area (Å²) in [6.45, 7) is 6.82. The molecule has 3 heteroatoms. The minimum atomic E-state index is 0.233. The van der Waals surface area contributed by atoms with Gasteiger partial charge in [0.15, 0.2) is 0 Å². The van der Waals surface area contributed by atoms with Crippen molar-refractivity contribution < 1.29 is 4.74 Å². The molecule has 1 aromatic heterocycles. The first-order valence-corrected chi connectivity index (χ1v) is 6.20. The zero-order valence-electron chi connectivity index (χ0n) is 10.5. The maximum atomic E-state index is 5.75. The lowest BCUT2D eigenvalue weighted by molar-refractivity contribution is 0.123. The highest BCUT2D eigenvalue weighted by Crippen LogP contribution is 2.04. The summed E-state index contributed by atoms with van der Waals surface area (Å²) in [4.78, 5) is 0. The van der Waals surface area contributed by atoms with Gasteiger partial charge in [-0.3, -0.25) is 0 Å². The maximum Gasteiger partial charge on any atom is 0.0645 e. The maximum absolute atomic E-state index is 5.75. The van der Waals surface area contributed by atoms with E-state index in [0.29, 0.717) is 0 Å². The van der Waals surface area contributed by atoms with E-state index in [0.717, 1.165) is 32.6 Å². The van der Waals surface area contributed by atoms with Crippen molar-refractivity contribution in [3.63, 3.8) is 0 Å². The van der Waals surface area contributed by atoms with E-state index >= 15 is 0 Å². The van der Waals surface area contributed by atoms with Crippen LogP contribution in [0.25, 0.3) is 0 Å². The van der Waals surface area contributed by atoms with E-state index in [9.17, 15) is 0 Å². The van der Waals surface area contributed by atoms with Gasteiger partial charge >= 0.3 is 0 Å². The van der Waals surface area contributed by atoms with Gasteiger partial charge in [0.05, 0.1) is 6.61 Å². The summed E-state index contributed by atoms with van der Waals surface area (Å²) < 4.78 is 7.69. The van der Waals surface area contributed by atoms with Crippen molar-refractivity contribution in [1.29, 1.82) is 0 Å². The molecule has 0 aliphatic heterocycles. The first-order chi connectivity index (χ1) is 7.72. The van der Waals surface area contributed by atoms with Crippen LogP contribution >= 0.6 is 0 Å². The van der Waals surface area contributed by atoms with Gasteiger partial charge in [0.1, 0.15) is 0 Å². The SMILES string of the molecule is CCCCOCCn1ccc(CC(C)N)c1. The van der Waals surface area contributed by atoms with Gasteiger partial charge < -0.3 is 15.0 Å². The number of nitrogens with two attached hydrogens (primary N) is 1. The van der Waals surface area contributed by atoms with Crippen LogP contribution in [0.3, 0.4) is 0 Å². The molecule has 0 spiro atoms. The molecule has 0 saturated heterocycles. The van der Waals surface area contributed by atoms with E-state index in [1.165, 1.54) is 12.0 Å². The Morgan fingerprint density at radius 3 is 2.94 bits per heavy atom. The summed E-state index contributed by atoms with van der Waals surface area (Å²) in [6.07, 6.45) is 7.56. The summed E-state index contributed by atoms with van der Waals surface area (Å²) in [6, 6.07) is 2.37. The largest absolute Gasteiger partial charge is 0.380 e. The van der Waals surface area contributed by atoms with Crippen molar-refractivity contribution in [3.8, 4) is 0 Å². The Kier molecular flexibility index (Phi) is 6.19. The van der Waals surface area contributed by atoms with Crippen LogP contribution in [0.4, 0.5) is 0 Å². The molecule has 0 radical (unpaired) electrons. The van der Waals surface area contributed by atoms with Crippen molar-refractivity contribution in [3.05, 3.63) is 24.0 Å². The Hall–Kier alpha value is -0.800. The second kappa shape index (κ2) is 7.47. The van der Waals surface area contributed by atoms with Crippen molar-refractivity contribution in [2.45, 2.75) is 45.7 Å². The van der Waals surface area contributed by atoms with Gasteiger partial charge in [-0.05, 0) is 31.4 Å². The molecule has 0 bridgehead atoms. The van der Waals surface area contributed by atoms with Crippen LogP contribution in [0.15, 0.2) is 18.5 Å². The van der Waals surface area contributed by atoms with Crippen LogP contribution in [0.5, 0.6) is 0 Å². The molecule has 1 unspecified atom stereocenters. The van der Waals surface area contributed by atoms with Gasteiger partial charge in [-0.25, -0.2) is 0 Å². The number of ether oxygens (including phenoxy) is 1. The third-order valence-electron chi connectivity index (χ3n) is 2.51. The number of aromatic nitrogens is 1. The van der Waals surface area contributed by atoms with Crippen molar-refractivity contribution in [2.24, 2.45) is 5.73 Å². The molecule has 1 rings (SSSR count). The van der Waals surface area contributed by atoms with Crippen LogP contribution in [-0.4, -0.2) is 23.8 Å². The molecule has 0 aliphatic rings. The van der Waals surface area contributed by atoms with E-state index < -0.39 is 0 Å². The molecule has 0 saturated carbocycles. The van der Waals surface area contributed by atoms with E-state index in [-0.39, 0.29) is 6.04 Å². The van der Waals surface area contributed by atoms with Gasteiger partial charge in [-0.2, -0.15) is 0 Å². The second-order valence-electron chi connectivity index (χ2n) is 4.40. The molecule has 0 aromatic carbocycles. The zero-order valence-corrected chi connectivity index (χ0v) is 10.5. The molecule has 0 fully saturated rings.